The molecule has 7 nitrogen and oxygen atoms in total. The zero-order valence-corrected chi connectivity index (χ0v) is 20.6. The first-order valence-corrected chi connectivity index (χ1v) is 11.3. The molecule has 1 N–H and O–H groups in total. The van der Waals surface area contributed by atoms with Crippen LogP contribution in [0.15, 0.2) is 48.7 Å². The fourth-order valence-corrected chi connectivity index (χ4v) is 3.35. The van der Waals surface area contributed by atoms with Crippen molar-refractivity contribution in [3.63, 3.8) is 0 Å². The first-order chi connectivity index (χ1) is 17.3. The summed E-state index contributed by atoms with van der Waals surface area (Å²) in [6.07, 6.45) is -3.31. The van der Waals surface area contributed by atoms with Crippen LogP contribution in [0.1, 0.15) is 56.1 Å². The number of hydrogen-bond donors (Lipinski definition) is 1. The molecule has 0 bridgehead atoms. The summed E-state index contributed by atoms with van der Waals surface area (Å²) >= 11 is 0. The minimum atomic E-state index is -4.48. The van der Waals surface area contributed by atoms with Gasteiger partial charge in [-0.2, -0.15) is 13.2 Å². The Bertz CT molecular complexity index is 1380. The Morgan fingerprint density at radius 2 is 1.81 bits per heavy atom. The molecule has 37 heavy (non-hydrogen) atoms. The van der Waals surface area contributed by atoms with Crippen LogP contribution in [-0.4, -0.2) is 39.1 Å². The molecule has 194 valence electrons. The summed E-state index contributed by atoms with van der Waals surface area (Å²) in [4.78, 5) is 28.5. The highest BCUT2D eigenvalue weighted by atomic mass is 19.4. The molecular weight excluding hydrogens is 487 g/mol. The quantitative estimate of drug-likeness (QED) is 0.261. The number of ether oxygens (including phenoxy) is 2. The number of nitrogens with one attached hydrogen (secondary N) is 1. The van der Waals surface area contributed by atoms with Crippen LogP contribution in [0.4, 0.5) is 13.2 Å². The lowest BCUT2D eigenvalue weighted by atomic mass is 10.1. The third-order valence-corrected chi connectivity index (χ3v) is 4.81. The predicted molar refractivity (Wildman–Crippen MR) is 130 cm³/mol. The molecule has 2 heterocycles. The number of hydrogen-bond acceptors (Lipinski definition) is 6. The number of pyridine rings is 1. The van der Waals surface area contributed by atoms with Gasteiger partial charge in [0, 0.05) is 23.9 Å². The Hall–Kier alpha value is -3.97. The van der Waals surface area contributed by atoms with Crippen molar-refractivity contribution in [2.45, 2.75) is 52.0 Å². The molecule has 3 aromatic rings. The molecule has 0 aliphatic carbocycles. The number of imidazole rings is 1. The number of ketones is 1. The summed E-state index contributed by atoms with van der Waals surface area (Å²) in [5.74, 6) is 4.64. The van der Waals surface area contributed by atoms with E-state index in [0.29, 0.717) is 17.0 Å². The Balaban J connectivity index is 1.67. The number of fused-ring (bicyclic) bond motifs is 1. The van der Waals surface area contributed by atoms with Crippen LogP contribution in [0.25, 0.3) is 5.65 Å². The summed E-state index contributed by atoms with van der Waals surface area (Å²) in [7, 11) is 0. The van der Waals surface area contributed by atoms with Gasteiger partial charge in [0.1, 0.15) is 29.2 Å². The predicted octanol–water partition coefficient (Wildman–Crippen LogP) is 4.98. The summed E-state index contributed by atoms with van der Waals surface area (Å²) in [5, 5.41) is 7.87. The van der Waals surface area contributed by atoms with Gasteiger partial charge < -0.3 is 14.9 Å². The van der Waals surface area contributed by atoms with Crippen molar-refractivity contribution in [1.82, 2.24) is 9.38 Å². The van der Waals surface area contributed by atoms with Crippen molar-refractivity contribution in [2.75, 3.05) is 6.61 Å². The van der Waals surface area contributed by atoms with Crippen LogP contribution in [0.2, 0.25) is 0 Å². The maximum Gasteiger partial charge on any atom is 0.416 e. The van der Waals surface area contributed by atoms with Gasteiger partial charge in [0.15, 0.2) is 5.78 Å². The Morgan fingerprint density at radius 3 is 2.51 bits per heavy atom. The van der Waals surface area contributed by atoms with Gasteiger partial charge in [-0.25, -0.2) is 4.98 Å². The number of halogens is 3. The third-order valence-electron chi connectivity index (χ3n) is 4.81. The van der Waals surface area contributed by atoms with Gasteiger partial charge in [0.05, 0.1) is 18.6 Å². The minimum Gasteiger partial charge on any atom is -0.460 e. The molecule has 0 radical (unpaired) electrons. The number of nitrogens with zero attached hydrogens (tertiary/aromatic N) is 2. The lowest BCUT2D eigenvalue weighted by molar-refractivity contribution is -0.153. The molecule has 0 atom stereocenters. The maximum absolute atomic E-state index is 13.0. The van der Waals surface area contributed by atoms with Crippen molar-refractivity contribution in [3.8, 4) is 11.8 Å². The minimum absolute atomic E-state index is 0.0803. The highest BCUT2D eigenvalue weighted by molar-refractivity contribution is 6.07. The summed E-state index contributed by atoms with van der Waals surface area (Å²) in [6, 6.07) is 9.98. The summed E-state index contributed by atoms with van der Waals surface area (Å²) < 4.78 is 51.4. The zero-order valence-electron chi connectivity index (χ0n) is 20.6. The van der Waals surface area contributed by atoms with E-state index in [1.807, 2.05) is 0 Å². The number of carbonyl (C=O) groups is 2. The van der Waals surface area contributed by atoms with Crippen LogP contribution >= 0.6 is 0 Å². The molecule has 0 unspecified atom stereocenters. The lowest BCUT2D eigenvalue weighted by Crippen LogP contribution is -2.26. The molecule has 0 saturated heterocycles. The van der Waals surface area contributed by atoms with Gasteiger partial charge in [0.25, 0.3) is 0 Å². The topological polar surface area (TPSA) is 93.8 Å². The fourth-order valence-electron chi connectivity index (χ4n) is 3.35. The monoisotopic (exact) mass is 513 g/mol. The van der Waals surface area contributed by atoms with Crippen LogP contribution in [0, 0.1) is 17.3 Å². The van der Waals surface area contributed by atoms with Gasteiger partial charge in [0.2, 0.25) is 0 Å². The van der Waals surface area contributed by atoms with E-state index in [-0.39, 0.29) is 37.3 Å². The average Bonchev–Trinajstić information content (AvgIpc) is 3.13. The largest absolute Gasteiger partial charge is 0.460 e. The maximum atomic E-state index is 13.0. The second-order valence-corrected chi connectivity index (χ2v) is 9.24. The molecule has 1 aromatic carbocycles. The van der Waals surface area contributed by atoms with Gasteiger partial charge in [-0.05, 0) is 57.0 Å². The van der Waals surface area contributed by atoms with Gasteiger partial charge in [-0.15, -0.1) is 0 Å². The first kappa shape index (κ1) is 27.6. The SMILES string of the molecule is CC(C)(C)OC(=O)CC(=N)CC(=O)COCc1nc2ccccn2c1C#Cc1cccc(C(F)(F)F)c1. The number of carbonyl (C=O) groups excluding carboxylic acids is 2. The molecule has 3 rings (SSSR count). The van der Waals surface area contributed by atoms with E-state index in [1.165, 1.54) is 12.1 Å². The molecular formula is C27H26F3N3O4. The smallest absolute Gasteiger partial charge is 0.416 e. The van der Waals surface area contributed by atoms with E-state index in [1.54, 1.807) is 49.6 Å². The molecule has 0 amide bonds. The van der Waals surface area contributed by atoms with Gasteiger partial charge in [-0.3, -0.25) is 14.0 Å². The molecule has 0 saturated carbocycles. The van der Waals surface area contributed by atoms with Crippen LogP contribution in [-0.2, 0) is 31.8 Å². The van der Waals surface area contributed by atoms with Crippen molar-refractivity contribution >= 4 is 23.1 Å². The molecule has 0 fully saturated rings. The number of Topliss-reactive ketones (excluding diaryl/α,β-unsaturated/α-hetero) is 1. The second kappa shape index (κ2) is 11.4. The number of aromatic nitrogens is 2. The van der Waals surface area contributed by atoms with Crippen LogP contribution in [0.5, 0.6) is 0 Å². The van der Waals surface area contributed by atoms with E-state index in [9.17, 15) is 22.8 Å². The first-order valence-electron chi connectivity index (χ1n) is 11.3. The summed E-state index contributed by atoms with van der Waals surface area (Å²) in [6.45, 7) is 4.74. The van der Waals surface area contributed by atoms with Crippen molar-refractivity contribution in [3.05, 3.63) is 71.2 Å². The van der Waals surface area contributed by atoms with E-state index < -0.39 is 29.1 Å². The van der Waals surface area contributed by atoms with E-state index >= 15 is 0 Å². The number of alkyl halides is 3. The Morgan fingerprint density at radius 1 is 1.05 bits per heavy atom. The number of esters is 1. The molecule has 2 aromatic heterocycles. The van der Waals surface area contributed by atoms with Gasteiger partial charge in [-0.1, -0.05) is 18.1 Å². The van der Waals surface area contributed by atoms with Crippen LogP contribution < -0.4 is 0 Å². The molecule has 0 aliphatic rings. The second-order valence-electron chi connectivity index (χ2n) is 9.24. The fraction of sp³-hybridized carbons (Fsp3) is 0.333. The lowest BCUT2D eigenvalue weighted by Gasteiger charge is -2.19. The number of rotatable bonds is 8. The van der Waals surface area contributed by atoms with Crippen molar-refractivity contribution in [2.24, 2.45) is 0 Å². The summed E-state index contributed by atoms with van der Waals surface area (Å²) in [5.41, 5.74) is 0.00639. The van der Waals surface area contributed by atoms with Crippen molar-refractivity contribution < 1.29 is 32.2 Å². The number of benzene rings is 1. The van der Waals surface area contributed by atoms with Gasteiger partial charge >= 0.3 is 12.1 Å². The normalized spacial score (nSPS) is 11.6. The Labute approximate surface area is 212 Å². The van der Waals surface area contributed by atoms with Crippen molar-refractivity contribution in [1.29, 1.82) is 5.41 Å². The molecule has 10 heteroatoms. The highest BCUT2D eigenvalue weighted by Crippen LogP contribution is 2.29. The zero-order chi connectivity index (χ0) is 27.2. The van der Waals surface area contributed by atoms with E-state index in [2.05, 4.69) is 16.8 Å². The molecule has 0 spiro atoms. The Kier molecular flexibility index (Phi) is 8.50. The van der Waals surface area contributed by atoms with E-state index in [4.69, 9.17) is 14.9 Å². The third kappa shape index (κ3) is 8.29. The molecule has 0 aliphatic heterocycles. The van der Waals surface area contributed by atoms with E-state index in [0.717, 1.165) is 12.1 Å². The average molecular weight is 514 g/mol. The standard InChI is InChI=1S/C27H26F3N3O4/c1-26(2,3)37-25(35)15-20(31)14-21(34)16-36-17-22-23(33-12-5-4-9-24(33)32-22)11-10-18-7-6-8-19(13-18)27(28,29)30/h4-9,12-13,31H,14-17H2,1-3H3. The highest BCUT2D eigenvalue weighted by Gasteiger charge is 2.30. The van der Waals surface area contributed by atoms with Crippen LogP contribution in [0.3, 0.4) is 0 Å².